The zero-order chi connectivity index (χ0) is 11.1. The van der Waals surface area contributed by atoms with Gasteiger partial charge in [-0.15, -0.1) is 0 Å². The van der Waals surface area contributed by atoms with E-state index in [0.29, 0.717) is 12.5 Å². The Morgan fingerprint density at radius 2 is 1.86 bits per heavy atom. The number of carbonyl (C=O) groups is 2. The molecule has 0 radical (unpaired) electrons. The minimum absolute atomic E-state index is 0.204. The molecule has 14 heavy (non-hydrogen) atoms. The number of amides is 3. The molecule has 0 aromatic rings. The first-order valence-electron chi connectivity index (χ1n) is 4.77. The number of nitrogens with two attached hydrogens (primary N) is 1. The van der Waals surface area contributed by atoms with Crippen molar-refractivity contribution in [2.24, 2.45) is 11.7 Å². The lowest BCUT2D eigenvalue weighted by Gasteiger charge is -2.13. The van der Waals surface area contributed by atoms with E-state index in [2.05, 4.69) is 24.5 Å². The highest BCUT2D eigenvalue weighted by Crippen LogP contribution is 1.96. The Balaban J connectivity index is 3.67. The Bertz CT molecular complexity index is 204. The second kappa shape index (κ2) is 6.23. The van der Waals surface area contributed by atoms with Crippen LogP contribution >= 0.6 is 0 Å². The molecule has 0 aliphatic carbocycles. The van der Waals surface area contributed by atoms with Crippen LogP contribution in [0.3, 0.4) is 0 Å². The number of hydrogen-bond donors (Lipinski definition) is 3. The molecule has 0 aromatic heterocycles. The van der Waals surface area contributed by atoms with Gasteiger partial charge in [0.15, 0.2) is 0 Å². The standard InChI is InChI=1S/C9H19N3O2/c1-6(2)4-5-11-8(13)7(3)12-9(10)14/h6-7H,4-5H2,1-3H3,(H,11,13)(H3,10,12,14). The third-order valence-corrected chi connectivity index (χ3v) is 1.77. The maximum Gasteiger partial charge on any atom is 0.312 e. The van der Waals surface area contributed by atoms with Crippen molar-refractivity contribution >= 4 is 11.9 Å². The molecule has 0 heterocycles. The molecule has 0 aromatic carbocycles. The Morgan fingerprint density at radius 1 is 1.29 bits per heavy atom. The first-order valence-corrected chi connectivity index (χ1v) is 4.77. The summed E-state index contributed by atoms with van der Waals surface area (Å²) in [6.07, 6.45) is 0.926. The highest BCUT2D eigenvalue weighted by Gasteiger charge is 2.12. The molecular formula is C9H19N3O2. The molecule has 1 atom stereocenters. The molecule has 3 amide bonds. The maximum atomic E-state index is 11.3. The van der Waals surface area contributed by atoms with Crippen LogP contribution < -0.4 is 16.4 Å². The summed E-state index contributed by atoms with van der Waals surface area (Å²) < 4.78 is 0. The normalized spacial score (nSPS) is 12.3. The fraction of sp³-hybridized carbons (Fsp3) is 0.778. The molecule has 0 spiro atoms. The van der Waals surface area contributed by atoms with E-state index in [1.165, 1.54) is 0 Å². The van der Waals surface area contributed by atoms with Crippen LogP contribution in [-0.2, 0) is 4.79 Å². The van der Waals surface area contributed by atoms with Gasteiger partial charge in [-0.25, -0.2) is 4.79 Å². The van der Waals surface area contributed by atoms with E-state index < -0.39 is 12.1 Å². The molecule has 0 saturated carbocycles. The van der Waals surface area contributed by atoms with Crippen LogP contribution in [0.5, 0.6) is 0 Å². The fourth-order valence-corrected chi connectivity index (χ4v) is 0.916. The van der Waals surface area contributed by atoms with Gasteiger partial charge in [-0.2, -0.15) is 0 Å². The lowest BCUT2D eigenvalue weighted by molar-refractivity contribution is -0.122. The molecule has 1 unspecified atom stereocenters. The van der Waals surface area contributed by atoms with E-state index in [0.717, 1.165) is 6.42 Å². The third kappa shape index (κ3) is 6.28. The van der Waals surface area contributed by atoms with E-state index in [4.69, 9.17) is 5.73 Å². The smallest absolute Gasteiger partial charge is 0.312 e. The van der Waals surface area contributed by atoms with Crippen LogP contribution in [0.1, 0.15) is 27.2 Å². The molecule has 82 valence electrons. The predicted octanol–water partition coefficient (Wildman–Crippen LogP) is 0.206. The van der Waals surface area contributed by atoms with Crippen molar-refractivity contribution in [2.75, 3.05) is 6.54 Å². The van der Waals surface area contributed by atoms with Crippen molar-refractivity contribution in [2.45, 2.75) is 33.2 Å². The lowest BCUT2D eigenvalue weighted by Crippen LogP contribution is -2.47. The van der Waals surface area contributed by atoms with Gasteiger partial charge in [-0.05, 0) is 19.3 Å². The summed E-state index contributed by atoms with van der Waals surface area (Å²) in [4.78, 5) is 21.7. The minimum Gasteiger partial charge on any atom is -0.354 e. The van der Waals surface area contributed by atoms with Gasteiger partial charge < -0.3 is 16.4 Å². The molecule has 5 heteroatoms. The van der Waals surface area contributed by atoms with Gasteiger partial charge in [0, 0.05) is 6.54 Å². The van der Waals surface area contributed by atoms with E-state index in [9.17, 15) is 9.59 Å². The second-order valence-electron chi connectivity index (χ2n) is 3.70. The Hall–Kier alpha value is -1.26. The average Bonchev–Trinajstić information content (AvgIpc) is 2.01. The predicted molar refractivity (Wildman–Crippen MR) is 54.6 cm³/mol. The van der Waals surface area contributed by atoms with Gasteiger partial charge >= 0.3 is 6.03 Å². The summed E-state index contributed by atoms with van der Waals surface area (Å²) >= 11 is 0. The van der Waals surface area contributed by atoms with Crippen LogP contribution in [-0.4, -0.2) is 24.5 Å². The number of urea groups is 1. The summed E-state index contributed by atoms with van der Waals surface area (Å²) in [5.41, 5.74) is 4.88. The van der Waals surface area contributed by atoms with Crippen molar-refractivity contribution in [1.29, 1.82) is 0 Å². The lowest BCUT2D eigenvalue weighted by atomic mass is 10.1. The summed E-state index contributed by atoms with van der Waals surface area (Å²) in [6.45, 7) is 6.38. The number of rotatable bonds is 5. The summed E-state index contributed by atoms with van der Waals surface area (Å²) in [5, 5.41) is 5.02. The van der Waals surface area contributed by atoms with E-state index >= 15 is 0 Å². The largest absolute Gasteiger partial charge is 0.354 e. The van der Waals surface area contributed by atoms with Gasteiger partial charge in [-0.1, -0.05) is 13.8 Å². The van der Waals surface area contributed by atoms with Crippen LogP contribution in [0, 0.1) is 5.92 Å². The van der Waals surface area contributed by atoms with Gasteiger partial charge in [0.05, 0.1) is 0 Å². The van der Waals surface area contributed by atoms with Gasteiger partial charge in [0.25, 0.3) is 0 Å². The summed E-state index contributed by atoms with van der Waals surface area (Å²) in [7, 11) is 0. The first kappa shape index (κ1) is 12.7. The molecule has 0 aliphatic heterocycles. The van der Waals surface area contributed by atoms with Crippen LogP contribution in [0.25, 0.3) is 0 Å². The molecule has 0 rings (SSSR count). The number of carbonyl (C=O) groups excluding carboxylic acids is 2. The average molecular weight is 201 g/mol. The topological polar surface area (TPSA) is 84.2 Å². The van der Waals surface area contributed by atoms with Gasteiger partial charge in [-0.3, -0.25) is 4.79 Å². The molecule has 0 saturated heterocycles. The molecular weight excluding hydrogens is 182 g/mol. The number of hydrogen-bond acceptors (Lipinski definition) is 2. The summed E-state index contributed by atoms with van der Waals surface area (Å²) in [5.74, 6) is 0.346. The quantitative estimate of drug-likeness (QED) is 0.594. The van der Waals surface area contributed by atoms with Crippen molar-refractivity contribution in [1.82, 2.24) is 10.6 Å². The monoisotopic (exact) mass is 201 g/mol. The zero-order valence-corrected chi connectivity index (χ0v) is 8.96. The molecule has 0 bridgehead atoms. The van der Waals surface area contributed by atoms with Crippen molar-refractivity contribution in [3.63, 3.8) is 0 Å². The van der Waals surface area contributed by atoms with E-state index in [1.807, 2.05) is 0 Å². The van der Waals surface area contributed by atoms with E-state index in [-0.39, 0.29) is 5.91 Å². The minimum atomic E-state index is -0.684. The molecule has 4 N–H and O–H groups in total. The number of nitrogens with one attached hydrogen (secondary N) is 2. The highest BCUT2D eigenvalue weighted by molar-refractivity contribution is 5.86. The Kier molecular flexibility index (Phi) is 5.67. The van der Waals surface area contributed by atoms with Gasteiger partial charge in [0.2, 0.25) is 5.91 Å². The Labute approximate surface area is 84.4 Å². The zero-order valence-electron chi connectivity index (χ0n) is 8.96. The van der Waals surface area contributed by atoms with Crippen molar-refractivity contribution in [3.8, 4) is 0 Å². The van der Waals surface area contributed by atoms with Crippen molar-refractivity contribution < 1.29 is 9.59 Å². The van der Waals surface area contributed by atoms with Gasteiger partial charge in [0.1, 0.15) is 6.04 Å². The number of primary amides is 1. The van der Waals surface area contributed by atoms with Crippen LogP contribution in [0.4, 0.5) is 4.79 Å². The van der Waals surface area contributed by atoms with Crippen molar-refractivity contribution in [3.05, 3.63) is 0 Å². The SMILES string of the molecule is CC(C)CCNC(=O)C(C)NC(N)=O. The summed E-state index contributed by atoms with van der Waals surface area (Å²) in [6, 6.07) is -1.25. The maximum absolute atomic E-state index is 11.3. The first-order chi connectivity index (χ1) is 6.43. The third-order valence-electron chi connectivity index (χ3n) is 1.77. The van der Waals surface area contributed by atoms with Crippen LogP contribution in [0.2, 0.25) is 0 Å². The second-order valence-corrected chi connectivity index (χ2v) is 3.70. The Morgan fingerprint density at radius 3 is 2.29 bits per heavy atom. The molecule has 5 nitrogen and oxygen atoms in total. The van der Waals surface area contributed by atoms with E-state index in [1.54, 1.807) is 6.92 Å². The van der Waals surface area contributed by atoms with Crippen LogP contribution in [0.15, 0.2) is 0 Å². The molecule has 0 aliphatic rings. The molecule has 0 fully saturated rings. The highest BCUT2D eigenvalue weighted by atomic mass is 16.2. The fourth-order valence-electron chi connectivity index (χ4n) is 0.916.